The Labute approximate surface area is 135 Å². The van der Waals surface area contributed by atoms with Crippen molar-refractivity contribution in [3.05, 3.63) is 65.5 Å². The number of para-hydroxylation sites is 1. The molecular formula is C19H20FNO2. The molecule has 0 aromatic heterocycles. The highest BCUT2D eigenvalue weighted by Crippen LogP contribution is 2.49. The fourth-order valence-electron chi connectivity index (χ4n) is 3.96. The zero-order valence-corrected chi connectivity index (χ0v) is 12.9. The molecule has 0 aliphatic carbocycles. The van der Waals surface area contributed by atoms with E-state index in [1.54, 1.807) is 6.07 Å². The minimum Gasteiger partial charge on any atom is -0.493 e. The Balaban J connectivity index is 1.62. The van der Waals surface area contributed by atoms with Crippen molar-refractivity contribution in [3.8, 4) is 5.75 Å². The molecule has 120 valence electrons. The third-order valence-electron chi connectivity index (χ3n) is 5.19. The van der Waals surface area contributed by atoms with Gasteiger partial charge in [0.15, 0.2) is 0 Å². The minimum atomic E-state index is -0.292. The maximum Gasteiger partial charge on any atom is 0.127 e. The van der Waals surface area contributed by atoms with Crippen molar-refractivity contribution in [2.24, 2.45) is 5.41 Å². The van der Waals surface area contributed by atoms with Gasteiger partial charge in [-0.25, -0.2) is 4.39 Å². The molecule has 2 aromatic carbocycles. The van der Waals surface area contributed by atoms with Gasteiger partial charge in [-0.3, -0.25) is 4.90 Å². The first kappa shape index (κ1) is 14.7. The number of halogens is 1. The number of hydrogen-bond donors (Lipinski definition) is 1. The molecule has 0 saturated carbocycles. The zero-order valence-electron chi connectivity index (χ0n) is 12.9. The molecule has 2 aliphatic rings. The Morgan fingerprint density at radius 3 is 2.78 bits per heavy atom. The Hall–Kier alpha value is -1.91. The maximum absolute atomic E-state index is 13.9. The van der Waals surface area contributed by atoms with E-state index in [2.05, 4.69) is 11.0 Å². The van der Waals surface area contributed by atoms with E-state index in [0.717, 1.165) is 24.4 Å². The van der Waals surface area contributed by atoms with Crippen LogP contribution in [0.3, 0.4) is 0 Å². The summed E-state index contributed by atoms with van der Waals surface area (Å²) in [4.78, 5) is 2.23. The van der Waals surface area contributed by atoms with Crippen LogP contribution in [0.25, 0.3) is 0 Å². The molecule has 4 heteroatoms. The molecule has 0 unspecified atom stereocenters. The Kier molecular flexibility index (Phi) is 3.58. The van der Waals surface area contributed by atoms with Crippen molar-refractivity contribution in [1.29, 1.82) is 0 Å². The van der Waals surface area contributed by atoms with E-state index in [9.17, 15) is 9.50 Å². The molecule has 0 radical (unpaired) electrons. The molecule has 2 aliphatic heterocycles. The third kappa shape index (κ3) is 2.42. The lowest BCUT2D eigenvalue weighted by atomic mass is 9.74. The van der Waals surface area contributed by atoms with Crippen LogP contribution >= 0.6 is 0 Å². The van der Waals surface area contributed by atoms with Gasteiger partial charge in [0, 0.05) is 36.5 Å². The van der Waals surface area contributed by atoms with E-state index >= 15 is 0 Å². The van der Waals surface area contributed by atoms with Crippen molar-refractivity contribution < 1.29 is 14.2 Å². The number of benzene rings is 2. The van der Waals surface area contributed by atoms with Crippen LogP contribution in [0.4, 0.5) is 4.39 Å². The summed E-state index contributed by atoms with van der Waals surface area (Å²) in [5, 5.41) is 10.0. The van der Waals surface area contributed by atoms with Crippen LogP contribution in [0, 0.1) is 11.2 Å². The van der Waals surface area contributed by atoms with Crippen molar-refractivity contribution in [3.63, 3.8) is 0 Å². The zero-order chi connectivity index (χ0) is 15.9. The van der Waals surface area contributed by atoms with Crippen molar-refractivity contribution in [1.82, 2.24) is 4.90 Å². The van der Waals surface area contributed by atoms with E-state index in [-0.39, 0.29) is 23.8 Å². The first-order valence-corrected chi connectivity index (χ1v) is 8.00. The van der Waals surface area contributed by atoms with Gasteiger partial charge in [0.25, 0.3) is 0 Å². The lowest BCUT2D eigenvalue weighted by molar-refractivity contribution is 0.0457. The minimum absolute atomic E-state index is 0.0831. The second-order valence-corrected chi connectivity index (χ2v) is 6.66. The topological polar surface area (TPSA) is 32.7 Å². The summed E-state index contributed by atoms with van der Waals surface area (Å²) in [6, 6.07) is 14.9. The molecule has 0 bridgehead atoms. The molecular weight excluding hydrogens is 293 g/mol. The number of hydrogen-bond acceptors (Lipinski definition) is 3. The first-order chi connectivity index (χ1) is 11.2. The molecule has 4 rings (SSSR count). The van der Waals surface area contributed by atoms with Gasteiger partial charge in [0.2, 0.25) is 0 Å². The largest absolute Gasteiger partial charge is 0.493 e. The molecule has 2 atom stereocenters. The van der Waals surface area contributed by atoms with Crippen LogP contribution in [0.5, 0.6) is 5.75 Å². The van der Waals surface area contributed by atoms with Crippen LogP contribution in [0.15, 0.2) is 48.5 Å². The Bertz CT molecular complexity index is 720. The van der Waals surface area contributed by atoms with Crippen LogP contribution < -0.4 is 4.74 Å². The van der Waals surface area contributed by atoms with Gasteiger partial charge in [-0.2, -0.15) is 0 Å². The summed E-state index contributed by atoms with van der Waals surface area (Å²) < 4.78 is 19.8. The van der Waals surface area contributed by atoms with Crippen LogP contribution in [-0.2, 0) is 6.54 Å². The van der Waals surface area contributed by atoms with Gasteiger partial charge in [0.1, 0.15) is 11.6 Å². The molecule has 2 aromatic rings. The summed E-state index contributed by atoms with van der Waals surface area (Å²) in [6.07, 6.45) is 0. The van der Waals surface area contributed by atoms with Gasteiger partial charge in [0.05, 0.1) is 13.2 Å². The average molecular weight is 313 g/mol. The summed E-state index contributed by atoms with van der Waals surface area (Å²) in [6.45, 7) is 2.69. The summed E-state index contributed by atoms with van der Waals surface area (Å²) in [7, 11) is 0. The SMILES string of the molecule is OC[C@@]12COc3ccccc3[C@@H]1CN(Cc1ccccc1F)C2. The molecule has 1 N–H and O–H groups in total. The van der Waals surface area contributed by atoms with Gasteiger partial charge in [-0.15, -0.1) is 0 Å². The second-order valence-electron chi connectivity index (χ2n) is 6.66. The summed E-state index contributed by atoms with van der Waals surface area (Å²) in [5.41, 5.74) is 1.57. The van der Waals surface area contributed by atoms with Crippen LogP contribution in [-0.4, -0.2) is 36.3 Å². The van der Waals surface area contributed by atoms with Crippen LogP contribution in [0.2, 0.25) is 0 Å². The highest BCUT2D eigenvalue weighted by Gasteiger charge is 2.50. The van der Waals surface area contributed by atoms with Crippen molar-refractivity contribution >= 4 is 0 Å². The highest BCUT2D eigenvalue weighted by atomic mass is 19.1. The van der Waals surface area contributed by atoms with Gasteiger partial charge >= 0.3 is 0 Å². The van der Waals surface area contributed by atoms with E-state index in [4.69, 9.17) is 4.74 Å². The summed E-state index contributed by atoms with van der Waals surface area (Å²) >= 11 is 0. The molecule has 23 heavy (non-hydrogen) atoms. The molecule has 0 amide bonds. The average Bonchev–Trinajstić information content (AvgIpc) is 2.96. The molecule has 3 nitrogen and oxygen atoms in total. The standard InChI is InChI=1S/C19H20FNO2/c20-17-7-3-1-5-14(17)9-21-10-16-15-6-2-4-8-18(15)23-13-19(16,11-21)12-22/h1-8,16,22H,9-13H2/t16-,19-/m0/s1. The van der Waals surface area contributed by atoms with E-state index in [0.29, 0.717) is 18.7 Å². The number of aliphatic hydroxyl groups is 1. The van der Waals surface area contributed by atoms with Gasteiger partial charge < -0.3 is 9.84 Å². The molecule has 2 heterocycles. The van der Waals surface area contributed by atoms with E-state index in [1.807, 2.05) is 30.3 Å². The highest BCUT2D eigenvalue weighted by molar-refractivity contribution is 5.41. The van der Waals surface area contributed by atoms with Gasteiger partial charge in [-0.05, 0) is 17.7 Å². The van der Waals surface area contributed by atoms with E-state index < -0.39 is 0 Å². The predicted octanol–water partition coefficient (Wildman–Crippen LogP) is 2.80. The Morgan fingerprint density at radius 2 is 1.96 bits per heavy atom. The smallest absolute Gasteiger partial charge is 0.127 e. The number of fused-ring (bicyclic) bond motifs is 3. The number of rotatable bonds is 3. The van der Waals surface area contributed by atoms with Crippen molar-refractivity contribution in [2.45, 2.75) is 12.5 Å². The van der Waals surface area contributed by atoms with Crippen molar-refractivity contribution in [2.75, 3.05) is 26.3 Å². The molecule has 1 fully saturated rings. The third-order valence-corrected chi connectivity index (χ3v) is 5.19. The number of aliphatic hydroxyl groups excluding tert-OH is 1. The quantitative estimate of drug-likeness (QED) is 0.946. The fourth-order valence-corrected chi connectivity index (χ4v) is 3.96. The normalized spacial score (nSPS) is 26.4. The monoisotopic (exact) mass is 313 g/mol. The lowest BCUT2D eigenvalue weighted by Crippen LogP contribution is -2.42. The number of likely N-dealkylation sites (tertiary alicyclic amines) is 1. The predicted molar refractivity (Wildman–Crippen MR) is 85.9 cm³/mol. The lowest BCUT2D eigenvalue weighted by Gasteiger charge is -2.38. The maximum atomic E-state index is 13.9. The fraction of sp³-hybridized carbons (Fsp3) is 0.368. The van der Waals surface area contributed by atoms with Crippen LogP contribution in [0.1, 0.15) is 17.0 Å². The number of nitrogens with zero attached hydrogens (tertiary/aromatic N) is 1. The molecule has 1 saturated heterocycles. The second kappa shape index (κ2) is 5.62. The van der Waals surface area contributed by atoms with E-state index in [1.165, 1.54) is 6.07 Å². The first-order valence-electron chi connectivity index (χ1n) is 8.00. The summed E-state index contributed by atoms with van der Waals surface area (Å²) in [5.74, 6) is 0.968. The molecule has 0 spiro atoms. The number of ether oxygens (including phenoxy) is 1. The Morgan fingerprint density at radius 1 is 1.17 bits per heavy atom. The van der Waals surface area contributed by atoms with Gasteiger partial charge in [-0.1, -0.05) is 36.4 Å².